The van der Waals surface area contributed by atoms with Gasteiger partial charge < -0.3 is 10.2 Å². The summed E-state index contributed by atoms with van der Waals surface area (Å²) in [6.45, 7) is 0.560. The fourth-order valence-electron chi connectivity index (χ4n) is 2.83. The number of halogens is 2. The second kappa shape index (κ2) is 6.22. The van der Waals surface area contributed by atoms with E-state index in [1.165, 1.54) is 18.9 Å². The molecule has 0 spiro atoms. The van der Waals surface area contributed by atoms with Gasteiger partial charge in [0.2, 0.25) is 0 Å². The van der Waals surface area contributed by atoms with Crippen LogP contribution in [0, 0.1) is 5.82 Å². The number of nitrogens with zero attached hydrogens (tertiary/aromatic N) is 1. The van der Waals surface area contributed by atoms with Crippen LogP contribution in [0.25, 0.3) is 0 Å². The Morgan fingerprint density at radius 2 is 2.05 bits per heavy atom. The lowest BCUT2D eigenvalue weighted by Crippen LogP contribution is -2.50. The predicted molar refractivity (Wildman–Crippen MR) is 81.3 cm³/mol. The van der Waals surface area contributed by atoms with Crippen LogP contribution < -0.4 is 5.32 Å². The molecule has 0 aromatic heterocycles. The highest BCUT2D eigenvalue weighted by molar-refractivity contribution is 9.10. The van der Waals surface area contributed by atoms with Gasteiger partial charge in [-0.3, -0.25) is 4.79 Å². The van der Waals surface area contributed by atoms with E-state index >= 15 is 0 Å². The van der Waals surface area contributed by atoms with Gasteiger partial charge in [-0.1, -0.05) is 18.9 Å². The minimum Gasteiger partial charge on any atom is -0.350 e. The third kappa shape index (κ3) is 3.04. The minimum atomic E-state index is -0.504. The lowest BCUT2D eigenvalue weighted by molar-refractivity contribution is 0.0896. The molecule has 1 aliphatic rings. The first-order chi connectivity index (χ1) is 9.46. The van der Waals surface area contributed by atoms with Gasteiger partial charge in [-0.2, -0.15) is 0 Å². The van der Waals surface area contributed by atoms with Crippen molar-refractivity contribution in [1.29, 1.82) is 0 Å². The lowest BCUT2D eigenvalue weighted by Gasteiger charge is -2.36. The number of carbonyl (C=O) groups is 1. The molecular formula is C15H20BrFN2O. The first-order valence-corrected chi connectivity index (χ1v) is 7.65. The van der Waals surface area contributed by atoms with Gasteiger partial charge in [0.15, 0.2) is 0 Å². The zero-order valence-electron chi connectivity index (χ0n) is 11.9. The Kier molecular flexibility index (Phi) is 4.81. The smallest absolute Gasteiger partial charge is 0.254 e. The van der Waals surface area contributed by atoms with E-state index in [0.29, 0.717) is 11.0 Å². The number of rotatable bonds is 4. The number of benzene rings is 1. The van der Waals surface area contributed by atoms with Crippen molar-refractivity contribution in [3.05, 3.63) is 34.1 Å². The van der Waals surface area contributed by atoms with Gasteiger partial charge in [-0.25, -0.2) is 4.39 Å². The summed E-state index contributed by atoms with van der Waals surface area (Å²) in [6, 6.07) is 4.76. The third-order valence-electron chi connectivity index (χ3n) is 4.26. The Morgan fingerprint density at radius 3 is 2.65 bits per heavy atom. The van der Waals surface area contributed by atoms with Crippen molar-refractivity contribution in [3.8, 4) is 0 Å². The maximum Gasteiger partial charge on any atom is 0.254 e. The number of nitrogens with one attached hydrogen (secondary N) is 1. The first-order valence-electron chi connectivity index (χ1n) is 6.86. The second-order valence-corrected chi connectivity index (χ2v) is 6.46. The van der Waals surface area contributed by atoms with Crippen molar-refractivity contribution < 1.29 is 9.18 Å². The van der Waals surface area contributed by atoms with E-state index in [1.807, 2.05) is 14.1 Å². The molecule has 0 saturated heterocycles. The van der Waals surface area contributed by atoms with E-state index in [0.717, 1.165) is 12.8 Å². The number of carbonyl (C=O) groups excluding carboxylic acids is 1. The quantitative estimate of drug-likeness (QED) is 0.911. The summed E-state index contributed by atoms with van der Waals surface area (Å²) in [5.74, 6) is -0.854. The normalized spacial score (nSPS) is 17.4. The fraction of sp³-hybridized carbons (Fsp3) is 0.533. The summed E-state index contributed by atoms with van der Waals surface area (Å²) in [7, 11) is 4.08. The molecule has 1 fully saturated rings. The van der Waals surface area contributed by atoms with Crippen molar-refractivity contribution in [1.82, 2.24) is 10.2 Å². The first kappa shape index (κ1) is 15.4. The Morgan fingerprint density at radius 1 is 1.40 bits per heavy atom. The molecule has 5 heteroatoms. The van der Waals surface area contributed by atoms with Gasteiger partial charge in [0, 0.05) is 12.1 Å². The topological polar surface area (TPSA) is 32.3 Å². The average molecular weight is 343 g/mol. The number of hydrogen-bond donors (Lipinski definition) is 1. The number of likely N-dealkylation sites (N-methyl/N-ethyl adjacent to an activating group) is 1. The highest BCUT2D eigenvalue weighted by Gasteiger charge is 2.36. The Hall–Kier alpha value is -0.940. The molecule has 0 radical (unpaired) electrons. The zero-order chi connectivity index (χ0) is 14.8. The fourth-order valence-corrected chi connectivity index (χ4v) is 3.20. The number of hydrogen-bond acceptors (Lipinski definition) is 2. The molecule has 1 aromatic rings. The molecule has 0 aliphatic heterocycles. The van der Waals surface area contributed by atoms with Crippen LogP contribution in [0.3, 0.4) is 0 Å². The van der Waals surface area contributed by atoms with Gasteiger partial charge in [0.25, 0.3) is 5.91 Å². The van der Waals surface area contributed by atoms with Crippen molar-refractivity contribution in [2.75, 3.05) is 20.6 Å². The van der Waals surface area contributed by atoms with E-state index in [1.54, 1.807) is 12.1 Å². The van der Waals surface area contributed by atoms with Gasteiger partial charge in [0.1, 0.15) is 5.82 Å². The monoisotopic (exact) mass is 342 g/mol. The van der Waals surface area contributed by atoms with Crippen molar-refractivity contribution >= 4 is 21.8 Å². The molecule has 0 bridgehead atoms. The second-order valence-electron chi connectivity index (χ2n) is 5.61. The third-order valence-corrected chi connectivity index (χ3v) is 4.87. The van der Waals surface area contributed by atoms with Crippen molar-refractivity contribution in [2.24, 2.45) is 0 Å². The Bertz CT molecular complexity index is 499. The highest BCUT2D eigenvalue weighted by atomic mass is 79.9. The summed E-state index contributed by atoms with van der Waals surface area (Å²) >= 11 is 3.10. The van der Waals surface area contributed by atoms with Crippen molar-refractivity contribution in [2.45, 2.75) is 31.2 Å². The SMILES string of the molecule is CN(C)C1(CNC(=O)c2cccc(Br)c2F)CCCC1. The van der Waals surface area contributed by atoms with E-state index in [9.17, 15) is 9.18 Å². The molecule has 3 nitrogen and oxygen atoms in total. The van der Waals surface area contributed by atoms with Gasteiger partial charge >= 0.3 is 0 Å². The number of amides is 1. The van der Waals surface area contributed by atoms with E-state index in [2.05, 4.69) is 26.1 Å². The Balaban J connectivity index is 2.07. The van der Waals surface area contributed by atoms with Crippen LogP contribution >= 0.6 is 15.9 Å². The summed E-state index contributed by atoms with van der Waals surface area (Å²) < 4.78 is 14.2. The minimum absolute atomic E-state index is 0.0121. The molecule has 1 aromatic carbocycles. The molecule has 20 heavy (non-hydrogen) atoms. The summed E-state index contributed by atoms with van der Waals surface area (Å²) in [5.41, 5.74) is 0.101. The molecular weight excluding hydrogens is 323 g/mol. The molecule has 110 valence electrons. The van der Waals surface area contributed by atoms with E-state index in [4.69, 9.17) is 0 Å². The molecule has 1 aliphatic carbocycles. The van der Waals surface area contributed by atoms with Crippen molar-refractivity contribution in [3.63, 3.8) is 0 Å². The molecule has 1 saturated carbocycles. The van der Waals surface area contributed by atoms with Gasteiger partial charge in [0.05, 0.1) is 10.0 Å². The van der Waals surface area contributed by atoms with E-state index in [-0.39, 0.29) is 17.0 Å². The van der Waals surface area contributed by atoms with Crippen LogP contribution in [-0.2, 0) is 0 Å². The predicted octanol–water partition coefficient (Wildman–Crippen LogP) is 3.19. The van der Waals surface area contributed by atoms with Crippen LogP contribution in [0.15, 0.2) is 22.7 Å². The van der Waals surface area contributed by atoms with Crippen LogP contribution in [0.4, 0.5) is 4.39 Å². The molecule has 0 atom stereocenters. The van der Waals surface area contributed by atoms with Gasteiger partial charge in [-0.15, -0.1) is 0 Å². The average Bonchev–Trinajstić information content (AvgIpc) is 2.89. The summed E-state index contributed by atoms with van der Waals surface area (Å²) in [4.78, 5) is 14.3. The molecule has 0 heterocycles. The largest absolute Gasteiger partial charge is 0.350 e. The molecule has 2 rings (SSSR count). The zero-order valence-corrected chi connectivity index (χ0v) is 13.5. The molecule has 1 amide bonds. The van der Waals surface area contributed by atoms with E-state index < -0.39 is 5.82 Å². The maximum absolute atomic E-state index is 13.9. The van der Waals surface area contributed by atoms with Crippen LogP contribution in [0.1, 0.15) is 36.0 Å². The Labute approximate surface area is 127 Å². The molecule has 0 unspecified atom stereocenters. The van der Waals surface area contributed by atoms with Crippen LogP contribution in [-0.4, -0.2) is 37.0 Å². The van der Waals surface area contributed by atoms with Crippen LogP contribution in [0.2, 0.25) is 0 Å². The van der Waals surface area contributed by atoms with Gasteiger partial charge in [-0.05, 0) is 55.0 Å². The maximum atomic E-state index is 13.9. The van der Waals surface area contributed by atoms with Crippen LogP contribution in [0.5, 0.6) is 0 Å². The summed E-state index contributed by atoms with van der Waals surface area (Å²) in [6.07, 6.45) is 4.50. The highest BCUT2D eigenvalue weighted by Crippen LogP contribution is 2.33. The standard InChI is InChI=1S/C15H20BrFN2O/c1-19(2)15(8-3-4-9-15)10-18-14(20)11-6-5-7-12(16)13(11)17/h5-7H,3-4,8-10H2,1-2H3,(H,18,20). The molecule has 1 N–H and O–H groups in total. The summed E-state index contributed by atoms with van der Waals surface area (Å²) in [5, 5.41) is 2.89. The lowest BCUT2D eigenvalue weighted by atomic mass is 9.96.